The highest BCUT2D eigenvalue weighted by Gasteiger charge is 2.14. The van der Waals surface area contributed by atoms with Gasteiger partial charge in [-0.3, -0.25) is 4.57 Å². The molecule has 1 atom stereocenters. The van der Waals surface area contributed by atoms with E-state index in [2.05, 4.69) is 17.1 Å². The number of ether oxygens (including phenoxy) is 1. The van der Waals surface area contributed by atoms with E-state index in [0.29, 0.717) is 17.3 Å². The van der Waals surface area contributed by atoms with Crippen LogP contribution in [0.25, 0.3) is 0 Å². The molecule has 0 amide bonds. The van der Waals surface area contributed by atoms with Gasteiger partial charge in [-0.05, 0) is 18.6 Å². The van der Waals surface area contributed by atoms with Crippen LogP contribution in [-0.4, -0.2) is 28.5 Å². The number of methoxy groups -OCH3 is 1. The van der Waals surface area contributed by atoms with Gasteiger partial charge in [0.05, 0.1) is 12.6 Å². The zero-order chi connectivity index (χ0) is 10.6. The molecule has 0 radical (unpaired) electrons. The van der Waals surface area contributed by atoms with Crippen molar-refractivity contribution in [1.82, 2.24) is 14.8 Å². The van der Waals surface area contributed by atoms with Gasteiger partial charge in [0.2, 0.25) is 5.95 Å². The van der Waals surface area contributed by atoms with Crippen LogP contribution in [0.3, 0.4) is 0 Å². The molecule has 0 spiro atoms. The minimum absolute atomic E-state index is 0.177. The summed E-state index contributed by atoms with van der Waals surface area (Å²) >= 11 is 5.09. The van der Waals surface area contributed by atoms with Crippen LogP contribution in [0.15, 0.2) is 0 Å². The van der Waals surface area contributed by atoms with Crippen LogP contribution in [0.1, 0.15) is 25.8 Å². The summed E-state index contributed by atoms with van der Waals surface area (Å²) in [7, 11) is 1.67. The number of aromatic amines is 1. The third kappa shape index (κ3) is 2.33. The molecule has 1 aromatic rings. The minimum Gasteiger partial charge on any atom is -0.383 e. The first kappa shape index (κ1) is 11.2. The Morgan fingerprint density at radius 2 is 2.43 bits per heavy atom. The number of nitrogens with zero attached hydrogens (tertiary/aromatic N) is 2. The van der Waals surface area contributed by atoms with Gasteiger partial charge in [-0.25, -0.2) is 5.10 Å². The predicted molar refractivity (Wildman–Crippen MR) is 57.6 cm³/mol. The average molecular weight is 216 g/mol. The summed E-state index contributed by atoms with van der Waals surface area (Å²) in [6, 6.07) is 0.177. The maximum absolute atomic E-state index is 5.70. The van der Waals surface area contributed by atoms with Gasteiger partial charge in [0.1, 0.15) is 0 Å². The molecule has 0 bridgehead atoms. The molecular weight excluding hydrogens is 200 g/mol. The van der Waals surface area contributed by atoms with Gasteiger partial charge < -0.3 is 10.5 Å². The van der Waals surface area contributed by atoms with E-state index in [1.165, 1.54) is 0 Å². The van der Waals surface area contributed by atoms with Crippen LogP contribution in [-0.2, 0) is 4.74 Å². The van der Waals surface area contributed by atoms with Crippen LogP contribution in [0.2, 0.25) is 0 Å². The van der Waals surface area contributed by atoms with Gasteiger partial charge in [0.25, 0.3) is 0 Å². The Bertz CT molecular complexity index is 326. The van der Waals surface area contributed by atoms with E-state index in [1.807, 2.05) is 4.57 Å². The second-order valence-corrected chi connectivity index (χ2v) is 3.54. The Morgan fingerprint density at radius 3 is 2.86 bits per heavy atom. The standard InChI is InChI=1S/C8H16N4OS/c1-3-4-6(5-13-2)12-7(9)10-11-8(12)14/h6H,3-5H2,1-2H3,(H2,9,10)(H,11,14). The van der Waals surface area contributed by atoms with Crippen molar-refractivity contribution in [3.63, 3.8) is 0 Å². The van der Waals surface area contributed by atoms with E-state index >= 15 is 0 Å². The number of nitrogen functional groups attached to an aromatic ring is 1. The second kappa shape index (κ2) is 5.11. The summed E-state index contributed by atoms with van der Waals surface area (Å²) in [5.41, 5.74) is 5.70. The molecule has 6 heteroatoms. The first-order valence-corrected chi connectivity index (χ1v) is 5.02. The number of rotatable bonds is 5. The lowest BCUT2D eigenvalue weighted by Crippen LogP contribution is -2.16. The van der Waals surface area contributed by atoms with Gasteiger partial charge in [0, 0.05) is 7.11 Å². The summed E-state index contributed by atoms with van der Waals surface area (Å²) in [5.74, 6) is 0.422. The smallest absolute Gasteiger partial charge is 0.220 e. The highest BCUT2D eigenvalue weighted by Crippen LogP contribution is 2.17. The summed E-state index contributed by atoms with van der Waals surface area (Å²) < 4.78 is 7.49. The summed E-state index contributed by atoms with van der Waals surface area (Å²) in [6.07, 6.45) is 2.03. The van der Waals surface area contributed by atoms with E-state index in [4.69, 9.17) is 22.7 Å². The second-order valence-electron chi connectivity index (χ2n) is 3.15. The Kier molecular flexibility index (Phi) is 4.09. The minimum atomic E-state index is 0.177. The van der Waals surface area contributed by atoms with Crippen molar-refractivity contribution in [2.24, 2.45) is 0 Å². The van der Waals surface area contributed by atoms with Crippen molar-refractivity contribution in [2.75, 3.05) is 19.5 Å². The van der Waals surface area contributed by atoms with Crippen LogP contribution in [0.5, 0.6) is 0 Å². The van der Waals surface area contributed by atoms with Gasteiger partial charge in [-0.15, -0.1) is 5.10 Å². The molecule has 1 unspecified atom stereocenters. The van der Waals surface area contributed by atoms with Gasteiger partial charge in [-0.2, -0.15) is 0 Å². The van der Waals surface area contributed by atoms with Crippen LogP contribution in [0, 0.1) is 4.77 Å². The molecule has 14 heavy (non-hydrogen) atoms. The van der Waals surface area contributed by atoms with Crippen molar-refractivity contribution in [3.8, 4) is 0 Å². The Hall–Kier alpha value is -0.880. The molecule has 5 nitrogen and oxygen atoms in total. The maximum Gasteiger partial charge on any atom is 0.220 e. The molecular formula is C8H16N4OS. The molecule has 3 N–H and O–H groups in total. The third-order valence-electron chi connectivity index (χ3n) is 2.08. The predicted octanol–water partition coefficient (Wildman–Crippen LogP) is 1.51. The molecule has 0 aliphatic heterocycles. The first-order chi connectivity index (χ1) is 6.70. The number of anilines is 1. The normalized spacial score (nSPS) is 13.0. The van der Waals surface area contributed by atoms with Crippen molar-refractivity contribution in [3.05, 3.63) is 4.77 Å². The van der Waals surface area contributed by atoms with Crippen LogP contribution < -0.4 is 5.73 Å². The Morgan fingerprint density at radius 1 is 1.71 bits per heavy atom. The van der Waals surface area contributed by atoms with Crippen molar-refractivity contribution >= 4 is 18.2 Å². The number of hydrogen-bond donors (Lipinski definition) is 2. The quantitative estimate of drug-likeness (QED) is 0.732. The number of nitrogens with one attached hydrogen (secondary N) is 1. The fourth-order valence-corrected chi connectivity index (χ4v) is 1.77. The number of aromatic nitrogens is 3. The zero-order valence-electron chi connectivity index (χ0n) is 8.49. The average Bonchev–Trinajstić information content (AvgIpc) is 2.46. The van der Waals surface area contributed by atoms with Crippen molar-refractivity contribution in [2.45, 2.75) is 25.8 Å². The molecule has 1 rings (SSSR count). The van der Waals surface area contributed by atoms with Crippen LogP contribution >= 0.6 is 12.2 Å². The molecule has 1 aromatic heterocycles. The highest BCUT2D eigenvalue weighted by atomic mass is 32.1. The van der Waals surface area contributed by atoms with E-state index in [0.717, 1.165) is 12.8 Å². The summed E-state index contributed by atoms with van der Waals surface area (Å²) in [5, 5.41) is 6.54. The van der Waals surface area contributed by atoms with E-state index in [-0.39, 0.29) is 6.04 Å². The fraction of sp³-hybridized carbons (Fsp3) is 0.750. The SMILES string of the molecule is CCCC(COC)n1c(N)n[nH]c1=S. The number of hydrogen-bond acceptors (Lipinski definition) is 4. The van der Waals surface area contributed by atoms with Crippen molar-refractivity contribution in [1.29, 1.82) is 0 Å². The molecule has 0 fully saturated rings. The lowest BCUT2D eigenvalue weighted by molar-refractivity contribution is 0.150. The lowest BCUT2D eigenvalue weighted by Gasteiger charge is -2.17. The molecule has 0 aromatic carbocycles. The van der Waals surface area contributed by atoms with E-state index < -0.39 is 0 Å². The molecule has 0 saturated carbocycles. The zero-order valence-corrected chi connectivity index (χ0v) is 9.30. The van der Waals surface area contributed by atoms with Gasteiger partial charge >= 0.3 is 0 Å². The maximum atomic E-state index is 5.70. The molecule has 0 saturated heterocycles. The Balaban J connectivity index is 2.91. The van der Waals surface area contributed by atoms with E-state index in [1.54, 1.807) is 7.11 Å². The molecule has 0 aliphatic rings. The van der Waals surface area contributed by atoms with Crippen LogP contribution in [0.4, 0.5) is 5.95 Å². The van der Waals surface area contributed by atoms with Crippen molar-refractivity contribution < 1.29 is 4.74 Å². The highest BCUT2D eigenvalue weighted by molar-refractivity contribution is 7.71. The third-order valence-corrected chi connectivity index (χ3v) is 2.37. The van der Waals surface area contributed by atoms with Gasteiger partial charge in [0.15, 0.2) is 4.77 Å². The topological polar surface area (TPSA) is 68.9 Å². The number of nitrogens with two attached hydrogens (primary N) is 1. The van der Waals surface area contributed by atoms with Gasteiger partial charge in [-0.1, -0.05) is 13.3 Å². The molecule has 0 aliphatic carbocycles. The number of H-pyrrole nitrogens is 1. The largest absolute Gasteiger partial charge is 0.383 e. The molecule has 80 valence electrons. The first-order valence-electron chi connectivity index (χ1n) is 4.62. The van der Waals surface area contributed by atoms with E-state index in [9.17, 15) is 0 Å². The monoisotopic (exact) mass is 216 g/mol. The molecule has 1 heterocycles. The fourth-order valence-electron chi connectivity index (χ4n) is 1.48. The Labute approximate surface area is 88.3 Å². The lowest BCUT2D eigenvalue weighted by atomic mass is 10.2. The summed E-state index contributed by atoms with van der Waals surface area (Å²) in [4.78, 5) is 0. The summed E-state index contributed by atoms with van der Waals surface area (Å²) in [6.45, 7) is 2.72.